The van der Waals surface area contributed by atoms with Crippen molar-refractivity contribution < 1.29 is 8.42 Å². The SMILES string of the molecule is CCNCc1cc(Br)c(C)c(S(=O)(=O)N(C)C)c1. The lowest BCUT2D eigenvalue weighted by Crippen LogP contribution is -2.23. The summed E-state index contributed by atoms with van der Waals surface area (Å²) in [5.74, 6) is 0. The van der Waals surface area contributed by atoms with Crippen LogP contribution in [0.1, 0.15) is 18.1 Å². The summed E-state index contributed by atoms with van der Waals surface area (Å²) < 4.78 is 26.5. The minimum Gasteiger partial charge on any atom is -0.313 e. The Hall–Kier alpha value is -0.430. The first-order chi connectivity index (χ1) is 8.30. The fourth-order valence-corrected chi connectivity index (χ4v) is 3.37. The first kappa shape index (κ1) is 15.6. The third-order valence-corrected chi connectivity index (χ3v) is 5.46. The fraction of sp³-hybridized carbons (Fsp3) is 0.500. The summed E-state index contributed by atoms with van der Waals surface area (Å²) in [6.45, 7) is 5.32. The Labute approximate surface area is 118 Å². The van der Waals surface area contributed by atoms with E-state index in [9.17, 15) is 8.42 Å². The molecule has 0 aliphatic rings. The van der Waals surface area contributed by atoms with Gasteiger partial charge in [0, 0.05) is 25.1 Å². The lowest BCUT2D eigenvalue weighted by atomic mass is 10.1. The van der Waals surface area contributed by atoms with Crippen molar-refractivity contribution >= 4 is 26.0 Å². The fourth-order valence-electron chi connectivity index (χ4n) is 1.54. The molecule has 0 spiro atoms. The Morgan fingerprint density at radius 2 is 1.94 bits per heavy atom. The van der Waals surface area contributed by atoms with Gasteiger partial charge in [0.2, 0.25) is 10.0 Å². The highest BCUT2D eigenvalue weighted by molar-refractivity contribution is 9.10. The zero-order valence-electron chi connectivity index (χ0n) is 11.1. The van der Waals surface area contributed by atoms with Crippen LogP contribution in [0.2, 0.25) is 0 Å². The summed E-state index contributed by atoms with van der Waals surface area (Å²) in [4.78, 5) is 0.356. The van der Waals surface area contributed by atoms with Gasteiger partial charge >= 0.3 is 0 Å². The van der Waals surface area contributed by atoms with Gasteiger partial charge in [0.15, 0.2) is 0 Å². The topological polar surface area (TPSA) is 49.4 Å². The molecule has 4 nitrogen and oxygen atoms in total. The van der Waals surface area contributed by atoms with Crippen molar-refractivity contribution in [2.45, 2.75) is 25.3 Å². The van der Waals surface area contributed by atoms with E-state index >= 15 is 0 Å². The van der Waals surface area contributed by atoms with Gasteiger partial charge < -0.3 is 5.32 Å². The molecule has 0 aliphatic heterocycles. The molecular formula is C12H19BrN2O2S. The van der Waals surface area contributed by atoms with Crippen LogP contribution in [-0.4, -0.2) is 33.4 Å². The summed E-state index contributed by atoms with van der Waals surface area (Å²) >= 11 is 3.42. The first-order valence-electron chi connectivity index (χ1n) is 5.73. The maximum Gasteiger partial charge on any atom is 0.242 e. The molecule has 0 heterocycles. The van der Waals surface area contributed by atoms with Gasteiger partial charge in [-0.15, -0.1) is 0 Å². The number of hydrogen-bond donors (Lipinski definition) is 1. The number of rotatable bonds is 5. The smallest absolute Gasteiger partial charge is 0.242 e. The summed E-state index contributed by atoms with van der Waals surface area (Å²) in [6.07, 6.45) is 0. The van der Waals surface area contributed by atoms with E-state index in [2.05, 4.69) is 21.2 Å². The zero-order valence-corrected chi connectivity index (χ0v) is 13.5. The lowest BCUT2D eigenvalue weighted by Gasteiger charge is -2.16. The standard InChI is InChI=1S/C12H19BrN2O2S/c1-5-14-8-10-6-11(13)9(2)12(7-10)18(16,17)15(3)4/h6-7,14H,5,8H2,1-4H3. The molecule has 6 heteroatoms. The van der Waals surface area contributed by atoms with Crippen molar-refractivity contribution in [2.75, 3.05) is 20.6 Å². The van der Waals surface area contributed by atoms with Crippen molar-refractivity contribution in [1.82, 2.24) is 9.62 Å². The second-order valence-corrected chi connectivity index (χ2v) is 7.24. The monoisotopic (exact) mass is 334 g/mol. The van der Waals surface area contributed by atoms with E-state index in [0.29, 0.717) is 11.4 Å². The molecule has 0 aliphatic carbocycles. The highest BCUT2D eigenvalue weighted by Gasteiger charge is 2.21. The number of sulfonamides is 1. The number of benzene rings is 1. The molecule has 0 fully saturated rings. The number of nitrogens with zero attached hydrogens (tertiary/aromatic N) is 1. The van der Waals surface area contributed by atoms with Crippen molar-refractivity contribution in [3.8, 4) is 0 Å². The van der Waals surface area contributed by atoms with Gasteiger partial charge in [-0.3, -0.25) is 0 Å². The van der Waals surface area contributed by atoms with Crippen LogP contribution in [0, 0.1) is 6.92 Å². The molecule has 1 aromatic carbocycles. The largest absolute Gasteiger partial charge is 0.313 e. The van der Waals surface area contributed by atoms with Gasteiger partial charge in [-0.05, 0) is 36.7 Å². The molecule has 1 rings (SSSR count). The Morgan fingerprint density at radius 3 is 2.44 bits per heavy atom. The molecule has 0 unspecified atom stereocenters. The number of nitrogens with one attached hydrogen (secondary N) is 1. The molecule has 0 amide bonds. The Bertz CT molecular complexity index is 527. The van der Waals surface area contributed by atoms with Crippen molar-refractivity contribution in [2.24, 2.45) is 0 Å². The Kier molecular flexibility index (Phi) is 5.33. The number of halogens is 1. The van der Waals surface area contributed by atoms with Crippen molar-refractivity contribution in [1.29, 1.82) is 0 Å². The van der Waals surface area contributed by atoms with E-state index in [1.807, 2.05) is 13.0 Å². The van der Waals surface area contributed by atoms with E-state index < -0.39 is 10.0 Å². The van der Waals surface area contributed by atoms with E-state index in [1.165, 1.54) is 4.31 Å². The highest BCUT2D eigenvalue weighted by Crippen LogP contribution is 2.27. The minimum atomic E-state index is -3.40. The second-order valence-electron chi connectivity index (χ2n) is 4.27. The van der Waals surface area contributed by atoms with Gasteiger partial charge in [0.1, 0.15) is 0 Å². The van der Waals surface area contributed by atoms with Gasteiger partial charge in [-0.25, -0.2) is 12.7 Å². The quantitative estimate of drug-likeness (QED) is 0.897. The van der Waals surface area contributed by atoms with Gasteiger partial charge in [0.25, 0.3) is 0 Å². The average Bonchev–Trinajstić information content (AvgIpc) is 2.29. The molecule has 0 bridgehead atoms. The summed E-state index contributed by atoms with van der Waals surface area (Å²) in [5, 5.41) is 3.19. The Morgan fingerprint density at radius 1 is 1.33 bits per heavy atom. The van der Waals surface area contributed by atoms with Crippen LogP contribution in [0.4, 0.5) is 0 Å². The highest BCUT2D eigenvalue weighted by atomic mass is 79.9. The summed E-state index contributed by atoms with van der Waals surface area (Å²) in [7, 11) is -0.319. The van der Waals surface area contributed by atoms with Crippen LogP contribution in [0.25, 0.3) is 0 Å². The summed E-state index contributed by atoms with van der Waals surface area (Å²) in [6, 6.07) is 3.69. The third kappa shape index (κ3) is 3.32. The van der Waals surface area contributed by atoms with E-state index in [1.54, 1.807) is 27.1 Å². The van der Waals surface area contributed by atoms with Crippen LogP contribution in [0.3, 0.4) is 0 Å². The maximum atomic E-state index is 12.2. The Balaban J connectivity index is 3.31. The molecule has 1 N–H and O–H groups in total. The molecule has 0 aromatic heterocycles. The van der Waals surface area contributed by atoms with Crippen LogP contribution in [-0.2, 0) is 16.6 Å². The molecule has 0 radical (unpaired) electrons. The van der Waals surface area contributed by atoms with Crippen molar-refractivity contribution in [3.05, 3.63) is 27.7 Å². The van der Waals surface area contributed by atoms with Crippen LogP contribution in [0.15, 0.2) is 21.5 Å². The average molecular weight is 335 g/mol. The lowest BCUT2D eigenvalue weighted by molar-refractivity contribution is 0.520. The molecule has 0 saturated carbocycles. The first-order valence-corrected chi connectivity index (χ1v) is 7.96. The van der Waals surface area contributed by atoms with Crippen LogP contribution in [0.5, 0.6) is 0 Å². The van der Waals surface area contributed by atoms with Crippen LogP contribution < -0.4 is 5.32 Å². The molecule has 102 valence electrons. The normalized spacial score (nSPS) is 12.1. The second kappa shape index (κ2) is 6.14. The zero-order chi connectivity index (χ0) is 13.9. The molecule has 18 heavy (non-hydrogen) atoms. The van der Waals surface area contributed by atoms with Crippen molar-refractivity contribution in [3.63, 3.8) is 0 Å². The third-order valence-electron chi connectivity index (χ3n) is 2.69. The predicted molar refractivity (Wildman–Crippen MR) is 77.1 cm³/mol. The molecular weight excluding hydrogens is 316 g/mol. The van der Waals surface area contributed by atoms with Gasteiger partial charge in [-0.1, -0.05) is 22.9 Å². The van der Waals surface area contributed by atoms with Gasteiger partial charge in [0.05, 0.1) is 4.90 Å². The van der Waals surface area contributed by atoms with E-state index in [0.717, 1.165) is 22.1 Å². The predicted octanol–water partition coefficient (Wildman–Crippen LogP) is 2.12. The molecule has 0 saturated heterocycles. The molecule has 1 aromatic rings. The van der Waals surface area contributed by atoms with E-state index in [-0.39, 0.29) is 0 Å². The van der Waals surface area contributed by atoms with E-state index in [4.69, 9.17) is 0 Å². The van der Waals surface area contributed by atoms with Crippen LogP contribution >= 0.6 is 15.9 Å². The molecule has 0 atom stereocenters. The summed E-state index contributed by atoms with van der Waals surface area (Å²) in [5.41, 5.74) is 1.69. The minimum absolute atomic E-state index is 0.356. The maximum absolute atomic E-state index is 12.2. The number of hydrogen-bond acceptors (Lipinski definition) is 3. The van der Waals surface area contributed by atoms with Gasteiger partial charge in [-0.2, -0.15) is 0 Å².